The molecule has 2 spiro atoms. The van der Waals surface area contributed by atoms with E-state index in [1.165, 1.54) is 38.5 Å². The van der Waals surface area contributed by atoms with Crippen LogP contribution in [0.25, 0.3) is 0 Å². The van der Waals surface area contributed by atoms with Gasteiger partial charge in [0.25, 0.3) is 0 Å². The number of rotatable bonds is 1. The Kier molecular flexibility index (Phi) is 3.65. The molecule has 5 aliphatic carbocycles. The highest BCUT2D eigenvalue weighted by atomic mass is 14.9. The van der Waals surface area contributed by atoms with Gasteiger partial charge in [-0.1, -0.05) is 46.3 Å². The van der Waals surface area contributed by atoms with Crippen molar-refractivity contribution in [3.8, 4) is 0 Å². The van der Waals surface area contributed by atoms with Gasteiger partial charge in [-0.25, -0.2) is 0 Å². The summed E-state index contributed by atoms with van der Waals surface area (Å²) in [7, 11) is 0. The van der Waals surface area contributed by atoms with Crippen LogP contribution in [-0.2, 0) is 0 Å². The van der Waals surface area contributed by atoms with Crippen molar-refractivity contribution in [1.29, 1.82) is 0 Å². The SMILES string of the molecule is C/C=C(\C)[C@H]1CC[C@@]2(C)C3CCC4C(C)(C)[C@@H](C)CC[C@@]45C[C@@]35CC[C@]12C. The van der Waals surface area contributed by atoms with Crippen molar-refractivity contribution in [2.75, 3.05) is 0 Å². The van der Waals surface area contributed by atoms with Gasteiger partial charge in [-0.2, -0.15) is 0 Å². The van der Waals surface area contributed by atoms with Gasteiger partial charge in [0, 0.05) is 0 Å². The number of hydrogen-bond donors (Lipinski definition) is 0. The Morgan fingerprint density at radius 3 is 2.15 bits per heavy atom. The predicted octanol–water partition coefficient (Wildman–Crippen LogP) is 8.03. The minimum absolute atomic E-state index is 0.549. The number of fused-ring (bicyclic) bond motifs is 2. The van der Waals surface area contributed by atoms with E-state index in [0.717, 1.165) is 34.5 Å². The van der Waals surface area contributed by atoms with E-state index >= 15 is 0 Å². The van der Waals surface area contributed by atoms with E-state index in [1.54, 1.807) is 24.8 Å². The summed E-state index contributed by atoms with van der Waals surface area (Å²) in [5.74, 6) is 3.78. The highest BCUT2D eigenvalue weighted by molar-refractivity contribution is 5.31. The van der Waals surface area contributed by atoms with E-state index in [-0.39, 0.29) is 0 Å². The first-order chi connectivity index (χ1) is 12.6. The van der Waals surface area contributed by atoms with Crippen molar-refractivity contribution in [3.05, 3.63) is 11.6 Å². The Balaban J connectivity index is 1.53. The van der Waals surface area contributed by atoms with Gasteiger partial charge in [0.05, 0.1) is 0 Å². The van der Waals surface area contributed by atoms with Gasteiger partial charge < -0.3 is 0 Å². The van der Waals surface area contributed by atoms with Gasteiger partial charge in [0.1, 0.15) is 0 Å². The quantitative estimate of drug-likeness (QED) is 0.411. The van der Waals surface area contributed by atoms with Crippen LogP contribution in [0.15, 0.2) is 11.6 Å². The van der Waals surface area contributed by atoms with E-state index in [0.29, 0.717) is 16.2 Å². The van der Waals surface area contributed by atoms with Crippen LogP contribution in [0.5, 0.6) is 0 Å². The molecule has 0 N–H and O–H groups in total. The first kappa shape index (κ1) is 18.7. The molecule has 0 nitrogen and oxygen atoms in total. The first-order valence-corrected chi connectivity index (χ1v) is 12.2. The Labute approximate surface area is 169 Å². The maximum Gasteiger partial charge on any atom is -0.0147 e. The van der Waals surface area contributed by atoms with Gasteiger partial charge in [-0.05, 0) is 122 Å². The van der Waals surface area contributed by atoms with Gasteiger partial charge in [-0.15, -0.1) is 0 Å². The molecule has 152 valence electrons. The third-order valence-electron chi connectivity index (χ3n) is 12.7. The molecule has 0 aromatic rings. The van der Waals surface area contributed by atoms with E-state index in [9.17, 15) is 0 Å². The maximum atomic E-state index is 2.75. The molecule has 0 aromatic carbocycles. The van der Waals surface area contributed by atoms with Crippen molar-refractivity contribution in [3.63, 3.8) is 0 Å². The molecular weight excluding hydrogens is 324 g/mol. The second kappa shape index (κ2) is 5.26. The fourth-order valence-corrected chi connectivity index (χ4v) is 10.5. The summed E-state index contributed by atoms with van der Waals surface area (Å²) in [6.45, 7) is 18.0. The molecule has 0 heteroatoms. The van der Waals surface area contributed by atoms with Crippen LogP contribution >= 0.6 is 0 Å². The average molecular weight is 369 g/mol. The molecule has 0 aliphatic heterocycles. The molecule has 5 fully saturated rings. The molecular formula is C27H44. The Bertz CT molecular complexity index is 684. The minimum Gasteiger partial charge on any atom is -0.0884 e. The topological polar surface area (TPSA) is 0 Å². The summed E-state index contributed by atoms with van der Waals surface area (Å²) in [5.41, 5.74) is 4.86. The highest BCUT2D eigenvalue weighted by Gasteiger charge is 2.81. The van der Waals surface area contributed by atoms with E-state index in [1.807, 2.05) is 0 Å². The van der Waals surface area contributed by atoms with E-state index in [2.05, 4.69) is 54.5 Å². The van der Waals surface area contributed by atoms with Crippen LogP contribution in [-0.4, -0.2) is 0 Å². The molecule has 27 heavy (non-hydrogen) atoms. The Hall–Kier alpha value is -0.260. The van der Waals surface area contributed by atoms with Crippen LogP contribution in [0.3, 0.4) is 0 Å². The zero-order chi connectivity index (χ0) is 19.5. The van der Waals surface area contributed by atoms with Crippen LogP contribution < -0.4 is 0 Å². The Morgan fingerprint density at radius 2 is 1.44 bits per heavy atom. The van der Waals surface area contributed by atoms with Crippen molar-refractivity contribution >= 4 is 0 Å². The maximum absolute atomic E-state index is 2.75. The molecule has 0 amide bonds. The Morgan fingerprint density at radius 1 is 0.778 bits per heavy atom. The molecule has 0 aromatic heterocycles. The first-order valence-electron chi connectivity index (χ1n) is 12.2. The van der Waals surface area contributed by atoms with Crippen LogP contribution in [0.1, 0.15) is 106 Å². The fraction of sp³-hybridized carbons (Fsp3) is 0.926. The van der Waals surface area contributed by atoms with Gasteiger partial charge in [-0.3, -0.25) is 0 Å². The summed E-state index contributed by atoms with van der Waals surface area (Å²) >= 11 is 0. The van der Waals surface area contributed by atoms with Gasteiger partial charge in [0.2, 0.25) is 0 Å². The number of allylic oxidation sites excluding steroid dienone is 2. The molecule has 2 unspecified atom stereocenters. The summed E-state index contributed by atoms with van der Waals surface area (Å²) in [6.07, 6.45) is 16.1. The lowest BCUT2D eigenvalue weighted by Crippen LogP contribution is -2.56. The second-order valence-corrected chi connectivity index (χ2v) is 12.9. The third-order valence-corrected chi connectivity index (χ3v) is 12.7. The van der Waals surface area contributed by atoms with Crippen LogP contribution in [0, 0.1) is 50.7 Å². The van der Waals surface area contributed by atoms with Crippen molar-refractivity contribution < 1.29 is 0 Å². The number of hydrogen-bond acceptors (Lipinski definition) is 0. The van der Waals surface area contributed by atoms with Crippen molar-refractivity contribution in [1.82, 2.24) is 0 Å². The zero-order valence-electron chi connectivity index (χ0n) is 19.3. The molecule has 5 rings (SSSR count). The smallest absolute Gasteiger partial charge is 0.0147 e. The largest absolute Gasteiger partial charge is 0.0884 e. The average Bonchev–Trinajstić information content (AvgIpc) is 3.21. The third kappa shape index (κ3) is 1.88. The van der Waals surface area contributed by atoms with Crippen molar-refractivity contribution in [2.24, 2.45) is 50.7 Å². The fourth-order valence-electron chi connectivity index (χ4n) is 10.5. The molecule has 5 aliphatic rings. The van der Waals surface area contributed by atoms with Gasteiger partial charge >= 0.3 is 0 Å². The lowest BCUT2D eigenvalue weighted by molar-refractivity contribution is -0.143. The van der Waals surface area contributed by atoms with Gasteiger partial charge in [0.15, 0.2) is 0 Å². The summed E-state index contributed by atoms with van der Waals surface area (Å²) < 4.78 is 0. The predicted molar refractivity (Wildman–Crippen MR) is 115 cm³/mol. The van der Waals surface area contributed by atoms with Crippen molar-refractivity contribution in [2.45, 2.75) is 106 Å². The normalized spacial score (nSPS) is 58.7. The lowest BCUT2D eigenvalue weighted by Gasteiger charge is -2.63. The molecule has 0 radical (unpaired) electrons. The lowest BCUT2D eigenvalue weighted by atomic mass is 9.41. The minimum atomic E-state index is 0.549. The summed E-state index contributed by atoms with van der Waals surface area (Å²) in [6, 6.07) is 0. The molecule has 0 saturated heterocycles. The molecule has 0 heterocycles. The van der Waals surface area contributed by atoms with Crippen LogP contribution in [0.4, 0.5) is 0 Å². The molecule has 8 atom stereocenters. The standard InChI is InChI=1S/C27H44/c1-8-18(2)20-12-13-25(7)22-10-9-21-23(4,5)19(3)11-14-26(21)17-27(22,26)16-15-24(20,25)6/h8,19-22H,9-17H2,1-7H3/b18-8+/t19-,20+,21?,22?,24+,25-,26+,27-/m0/s1. The van der Waals surface area contributed by atoms with Crippen LogP contribution in [0.2, 0.25) is 0 Å². The highest BCUT2D eigenvalue weighted by Crippen LogP contribution is 2.89. The van der Waals surface area contributed by atoms with E-state index < -0.39 is 0 Å². The van der Waals surface area contributed by atoms with E-state index in [4.69, 9.17) is 0 Å². The molecule has 5 saturated carbocycles. The monoisotopic (exact) mass is 368 g/mol. The second-order valence-electron chi connectivity index (χ2n) is 12.9. The summed E-state index contributed by atoms with van der Waals surface area (Å²) in [5, 5.41) is 0. The zero-order valence-corrected chi connectivity index (χ0v) is 19.3. The summed E-state index contributed by atoms with van der Waals surface area (Å²) in [4.78, 5) is 0. The molecule has 0 bridgehead atoms.